The lowest BCUT2D eigenvalue weighted by Crippen LogP contribution is -2.40. The van der Waals surface area contributed by atoms with Crippen LogP contribution in [0.3, 0.4) is 0 Å². The van der Waals surface area contributed by atoms with E-state index in [1.807, 2.05) is 32.9 Å². The number of hydrogen-bond donors (Lipinski definition) is 0. The van der Waals surface area contributed by atoms with E-state index in [2.05, 4.69) is 11.6 Å². The maximum Gasteiger partial charge on any atom is 0.338 e. The highest BCUT2D eigenvalue weighted by molar-refractivity contribution is 8.15. The zero-order valence-corrected chi connectivity index (χ0v) is 18.5. The van der Waals surface area contributed by atoms with Crippen molar-refractivity contribution in [3.8, 4) is 11.5 Å². The lowest BCUT2D eigenvalue weighted by molar-refractivity contribution is -0.139. The second-order valence-electron chi connectivity index (χ2n) is 6.72. The van der Waals surface area contributed by atoms with Gasteiger partial charge in [0, 0.05) is 0 Å². The molecule has 1 aromatic rings. The van der Waals surface area contributed by atoms with Crippen LogP contribution >= 0.6 is 11.8 Å². The van der Waals surface area contributed by atoms with Gasteiger partial charge in [-0.15, -0.1) is 0 Å². The zero-order chi connectivity index (χ0) is 21.8. The van der Waals surface area contributed by atoms with Gasteiger partial charge in [-0.1, -0.05) is 30.5 Å². The fourth-order valence-corrected chi connectivity index (χ4v) is 4.46. The molecule has 0 radical (unpaired) electrons. The van der Waals surface area contributed by atoms with E-state index >= 15 is 0 Å². The quantitative estimate of drug-likeness (QED) is 0.460. The van der Waals surface area contributed by atoms with Crippen molar-refractivity contribution in [2.24, 2.45) is 4.99 Å². The van der Waals surface area contributed by atoms with Crippen LogP contribution in [0.1, 0.15) is 39.3 Å². The predicted molar refractivity (Wildman–Crippen MR) is 117 cm³/mol. The van der Waals surface area contributed by atoms with Crippen LogP contribution in [0, 0.1) is 0 Å². The number of benzene rings is 1. The number of thioether (sulfide) groups is 1. The first-order valence-corrected chi connectivity index (χ1v) is 10.8. The number of carbonyl (C=O) groups excluding carboxylic acids is 2. The van der Waals surface area contributed by atoms with E-state index in [-0.39, 0.29) is 17.8 Å². The summed E-state index contributed by atoms with van der Waals surface area (Å²) in [5, 5.41) is 0.304. The van der Waals surface area contributed by atoms with Gasteiger partial charge in [0.25, 0.3) is 0 Å². The van der Waals surface area contributed by atoms with Crippen LogP contribution in [0.15, 0.2) is 47.1 Å². The van der Waals surface area contributed by atoms with E-state index in [1.54, 1.807) is 17.9 Å². The minimum atomic E-state index is -0.658. The molecule has 1 amide bonds. The van der Waals surface area contributed by atoms with Gasteiger partial charge in [0.15, 0.2) is 16.7 Å². The molecular weight excluding hydrogens is 404 g/mol. The van der Waals surface area contributed by atoms with Crippen LogP contribution in [-0.2, 0) is 14.3 Å². The van der Waals surface area contributed by atoms with Crippen molar-refractivity contribution in [2.45, 2.75) is 39.0 Å². The Labute approximate surface area is 180 Å². The second-order valence-corrected chi connectivity index (χ2v) is 8.03. The van der Waals surface area contributed by atoms with E-state index in [4.69, 9.17) is 14.2 Å². The fourth-order valence-electron chi connectivity index (χ4n) is 3.43. The summed E-state index contributed by atoms with van der Waals surface area (Å²) in [6, 6.07) is 4.80. The topological polar surface area (TPSA) is 77.4 Å². The molecule has 8 heteroatoms. The third-order valence-corrected chi connectivity index (χ3v) is 5.75. The Hall–Kier alpha value is -2.74. The lowest BCUT2D eigenvalue weighted by atomic mass is 9.94. The number of esters is 1. The maximum absolute atomic E-state index is 13.0. The van der Waals surface area contributed by atoms with Crippen molar-refractivity contribution in [1.82, 2.24) is 4.90 Å². The summed E-state index contributed by atoms with van der Waals surface area (Å²) in [5.41, 5.74) is 1.58. The normalized spacial score (nSPS) is 20.6. The highest BCUT2D eigenvalue weighted by Gasteiger charge is 2.46. The Balaban J connectivity index is 2.13. The molecular formula is C22H26N2O5S. The predicted octanol–water partition coefficient (Wildman–Crippen LogP) is 3.86. The molecule has 30 heavy (non-hydrogen) atoms. The number of amides is 1. The van der Waals surface area contributed by atoms with Crippen LogP contribution < -0.4 is 9.47 Å². The third kappa shape index (κ3) is 4.09. The van der Waals surface area contributed by atoms with E-state index in [9.17, 15) is 9.59 Å². The molecule has 2 aliphatic heterocycles. The van der Waals surface area contributed by atoms with Gasteiger partial charge in [-0.2, -0.15) is 0 Å². The Kier molecular flexibility index (Phi) is 6.87. The molecule has 7 nitrogen and oxygen atoms in total. The third-order valence-electron chi connectivity index (χ3n) is 4.69. The molecule has 0 unspecified atom stereocenters. The second kappa shape index (κ2) is 9.38. The molecule has 0 saturated carbocycles. The first kappa shape index (κ1) is 22.0. The van der Waals surface area contributed by atoms with Gasteiger partial charge in [0.1, 0.15) is 6.61 Å². The lowest BCUT2D eigenvalue weighted by Gasteiger charge is -2.33. The van der Waals surface area contributed by atoms with Crippen molar-refractivity contribution in [3.63, 3.8) is 0 Å². The van der Waals surface area contributed by atoms with E-state index in [0.29, 0.717) is 41.2 Å². The van der Waals surface area contributed by atoms with E-state index < -0.39 is 12.0 Å². The summed E-state index contributed by atoms with van der Waals surface area (Å²) in [7, 11) is 0. The summed E-state index contributed by atoms with van der Waals surface area (Å²) in [4.78, 5) is 32.0. The number of aliphatic imine (C=N–C) groups is 1. The van der Waals surface area contributed by atoms with Crippen molar-refractivity contribution < 1.29 is 23.8 Å². The molecule has 1 aromatic carbocycles. The summed E-state index contributed by atoms with van der Waals surface area (Å²) >= 11 is 1.39. The molecule has 0 aromatic heterocycles. The SMILES string of the molecule is C=CCOC(=O)C1=C(C)N=C2S[C@@H](C)C(=O)N2[C@H]1c1ccc(OCC)c(OCC)c1. The summed E-state index contributed by atoms with van der Waals surface area (Å²) in [6.07, 6.45) is 1.50. The number of ether oxygens (including phenoxy) is 3. The van der Waals surface area contributed by atoms with Crippen molar-refractivity contribution >= 4 is 28.8 Å². The number of amidine groups is 1. The van der Waals surface area contributed by atoms with Gasteiger partial charge in [0.2, 0.25) is 5.91 Å². The monoisotopic (exact) mass is 430 g/mol. The van der Waals surface area contributed by atoms with E-state index in [0.717, 1.165) is 5.56 Å². The number of rotatable bonds is 8. The van der Waals surface area contributed by atoms with Crippen LogP contribution in [0.2, 0.25) is 0 Å². The minimum absolute atomic E-state index is 0.0749. The Morgan fingerprint density at radius 3 is 2.63 bits per heavy atom. The summed E-state index contributed by atoms with van der Waals surface area (Å²) in [6.45, 7) is 12.0. The van der Waals surface area contributed by atoms with Gasteiger partial charge in [0.05, 0.1) is 35.8 Å². The maximum atomic E-state index is 13.0. The van der Waals surface area contributed by atoms with Crippen molar-refractivity contribution in [1.29, 1.82) is 0 Å². The highest BCUT2D eigenvalue weighted by atomic mass is 32.2. The molecule has 0 N–H and O–H groups in total. The summed E-state index contributed by atoms with van der Waals surface area (Å²) in [5.74, 6) is 0.547. The minimum Gasteiger partial charge on any atom is -0.490 e. The van der Waals surface area contributed by atoms with E-state index in [1.165, 1.54) is 17.8 Å². The molecule has 2 aliphatic rings. The summed E-state index contributed by atoms with van der Waals surface area (Å²) < 4.78 is 16.7. The average Bonchev–Trinajstić information content (AvgIpc) is 3.00. The molecule has 2 atom stereocenters. The van der Waals surface area contributed by atoms with Gasteiger partial charge in [-0.25, -0.2) is 9.79 Å². The van der Waals surface area contributed by atoms with Gasteiger partial charge in [-0.05, 0) is 45.4 Å². The van der Waals surface area contributed by atoms with Gasteiger partial charge < -0.3 is 14.2 Å². The Morgan fingerprint density at radius 1 is 1.27 bits per heavy atom. The Morgan fingerprint density at radius 2 is 1.97 bits per heavy atom. The van der Waals surface area contributed by atoms with Gasteiger partial charge >= 0.3 is 5.97 Å². The first-order valence-electron chi connectivity index (χ1n) is 9.89. The largest absolute Gasteiger partial charge is 0.490 e. The molecule has 0 aliphatic carbocycles. The van der Waals surface area contributed by atoms with Crippen LogP contribution in [-0.4, -0.2) is 47.0 Å². The van der Waals surface area contributed by atoms with Gasteiger partial charge in [-0.3, -0.25) is 9.69 Å². The fraction of sp³-hybridized carbons (Fsp3) is 0.409. The standard InChI is InChI=1S/C22H26N2O5S/c1-6-11-29-21(26)18-13(4)23-22-24(20(25)14(5)30-22)19(18)15-9-10-16(27-7-2)17(12-15)28-8-3/h6,9-10,12,14,19H,1,7-8,11H2,2-5H3/t14-,19-/m0/s1. The van der Waals surface area contributed by atoms with Crippen LogP contribution in [0.5, 0.6) is 11.5 Å². The molecule has 1 saturated heterocycles. The van der Waals surface area contributed by atoms with Crippen LogP contribution in [0.4, 0.5) is 0 Å². The van der Waals surface area contributed by atoms with Crippen molar-refractivity contribution in [3.05, 3.63) is 47.7 Å². The smallest absolute Gasteiger partial charge is 0.338 e. The number of nitrogens with zero attached hydrogens (tertiary/aromatic N) is 2. The number of carbonyl (C=O) groups is 2. The molecule has 0 spiro atoms. The van der Waals surface area contributed by atoms with Crippen molar-refractivity contribution in [2.75, 3.05) is 19.8 Å². The Bertz CT molecular complexity index is 924. The molecule has 160 valence electrons. The average molecular weight is 431 g/mol. The number of fused-ring (bicyclic) bond motifs is 1. The number of hydrogen-bond acceptors (Lipinski definition) is 7. The van der Waals surface area contributed by atoms with Crippen LogP contribution in [0.25, 0.3) is 0 Å². The zero-order valence-electron chi connectivity index (χ0n) is 17.6. The number of allylic oxidation sites excluding steroid dienone is 1. The highest BCUT2D eigenvalue weighted by Crippen LogP contribution is 2.44. The first-order chi connectivity index (χ1) is 14.4. The molecule has 0 bridgehead atoms. The molecule has 2 heterocycles. The molecule has 1 fully saturated rings. The molecule has 3 rings (SSSR count).